The van der Waals surface area contributed by atoms with Crippen LogP contribution in [-0.4, -0.2) is 0 Å². The number of aromatic nitrogens is 1. The minimum atomic E-state index is -0.264. The Balaban J connectivity index is 1.71. The van der Waals surface area contributed by atoms with Crippen molar-refractivity contribution >= 4 is 0 Å². The van der Waals surface area contributed by atoms with Gasteiger partial charge in [-0.25, -0.2) is 0 Å². The van der Waals surface area contributed by atoms with Crippen molar-refractivity contribution < 1.29 is 9.30 Å². The molecule has 3 heterocycles. The van der Waals surface area contributed by atoms with Crippen LogP contribution in [-0.2, 0) is 26.9 Å². The summed E-state index contributed by atoms with van der Waals surface area (Å²) in [6.45, 7) is 18.8. The largest absolute Gasteiger partial charge is 0.360 e. The van der Waals surface area contributed by atoms with E-state index in [4.69, 9.17) is 4.74 Å². The molecule has 2 aromatic rings. The molecule has 0 saturated heterocycles. The van der Waals surface area contributed by atoms with E-state index in [9.17, 15) is 0 Å². The van der Waals surface area contributed by atoms with Crippen molar-refractivity contribution in [1.29, 1.82) is 0 Å². The lowest BCUT2D eigenvalue weighted by Crippen LogP contribution is -2.67. The number of ether oxygens (including phenoxy) is 1. The second kappa shape index (κ2) is 6.51. The summed E-state index contributed by atoms with van der Waals surface area (Å²) in [6, 6.07) is 7.68. The van der Waals surface area contributed by atoms with E-state index in [2.05, 4.69) is 84.4 Å². The lowest BCUT2D eigenvalue weighted by atomic mass is 9.59. The first-order chi connectivity index (χ1) is 15.5. The van der Waals surface area contributed by atoms with Crippen molar-refractivity contribution in [3.63, 3.8) is 0 Å². The molecule has 33 heavy (non-hydrogen) atoms. The standard InChI is InChI=1S/C31H42NO/c1-9-30(7)24-17-26-25(28(3,4)33-29(26,5)6)15-22(24)27-16-21-19-11-13-20(14-12-19)23(21)18-32(27)31(30,8)10-2/h15-20H,9-14H2,1-8H3/q+1. The van der Waals surface area contributed by atoms with Crippen molar-refractivity contribution in [3.8, 4) is 11.3 Å². The average Bonchev–Trinajstić information content (AvgIpc) is 2.99. The van der Waals surface area contributed by atoms with Gasteiger partial charge in [-0.3, -0.25) is 0 Å². The van der Waals surface area contributed by atoms with Crippen LogP contribution in [0, 0.1) is 0 Å². The van der Waals surface area contributed by atoms with Crippen LogP contribution in [0.2, 0.25) is 0 Å². The third kappa shape index (κ3) is 2.57. The van der Waals surface area contributed by atoms with E-state index in [1.807, 2.05) is 0 Å². The van der Waals surface area contributed by atoms with Crippen molar-refractivity contribution in [3.05, 3.63) is 52.2 Å². The zero-order chi connectivity index (χ0) is 23.6. The van der Waals surface area contributed by atoms with Crippen LogP contribution in [0.1, 0.15) is 134 Å². The molecular weight excluding hydrogens is 402 g/mol. The first-order valence-electron chi connectivity index (χ1n) is 13.5. The SMILES string of the molecule is CCC1(C)c2cc3c(cc2-c2cc4c(c[n+]2C1(C)CC)C1CCC4CC1)C(C)(C)OC3(C)C. The number of fused-ring (bicyclic) bond motifs is 6. The van der Waals surface area contributed by atoms with Gasteiger partial charge in [0.25, 0.3) is 0 Å². The zero-order valence-corrected chi connectivity index (χ0v) is 22.1. The fourth-order valence-electron chi connectivity index (χ4n) is 8.31. The highest BCUT2D eigenvalue weighted by molar-refractivity contribution is 5.70. The number of hydrogen-bond donors (Lipinski definition) is 0. The van der Waals surface area contributed by atoms with Gasteiger partial charge in [-0.15, -0.1) is 0 Å². The number of hydrogen-bond acceptors (Lipinski definition) is 1. The van der Waals surface area contributed by atoms with Crippen LogP contribution in [0.4, 0.5) is 0 Å². The predicted octanol–water partition coefficient (Wildman–Crippen LogP) is 7.70. The Kier molecular flexibility index (Phi) is 4.30. The fraction of sp³-hybridized carbons (Fsp3) is 0.645. The van der Waals surface area contributed by atoms with Crippen LogP contribution < -0.4 is 4.57 Å². The summed E-state index contributed by atoms with van der Waals surface area (Å²) in [5.74, 6) is 1.53. The van der Waals surface area contributed by atoms with Gasteiger partial charge in [0.2, 0.25) is 5.69 Å². The molecule has 0 radical (unpaired) electrons. The minimum absolute atomic E-state index is 0.0448. The maximum absolute atomic E-state index is 6.62. The molecule has 1 fully saturated rings. The molecule has 2 heteroatoms. The second-order valence-electron chi connectivity index (χ2n) is 12.9. The predicted molar refractivity (Wildman–Crippen MR) is 135 cm³/mol. The maximum Gasteiger partial charge on any atom is 0.213 e. The molecule has 3 aliphatic carbocycles. The highest BCUT2D eigenvalue weighted by Crippen LogP contribution is 2.56. The molecule has 2 aliphatic heterocycles. The Labute approximate surface area is 200 Å². The van der Waals surface area contributed by atoms with Crippen molar-refractivity contribution in [2.75, 3.05) is 0 Å². The monoisotopic (exact) mass is 444 g/mol. The first-order valence-corrected chi connectivity index (χ1v) is 13.5. The molecule has 1 aromatic heterocycles. The van der Waals surface area contributed by atoms with Crippen LogP contribution in [0.5, 0.6) is 0 Å². The Morgan fingerprint density at radius 3 is 1.91 bits per heavy atom. The van der Waals surface area contributed by atoms with Gasteiger partial charge in [0.05, 0.1) is 22.2 Å². The summed E-state index contributed by atoms with van der Waals surface area (Å²) in [6.07, 6.45) is 10.4. The van der Waals surface area contributed by atoms with Gasteiger partial charge >= 0.3 is 0 Å². The second-order valence-corrected chi connectivity index (χ2v) is 12.9. The molecular formula is C31H42NO+. The number of pyridine rings is 1. The van der Waals surface area contributed by atoms with E-state index >= 15 is 0 Å². The lowest BCUT2D eigenvalue weighted by molar-refractivity contribution is -0.765. The van der Waals surface area contributed by atoms with Crippen molar-refractivity contribution in [2.24, 2.45) is 0 Å². The lowest BCUT2D eigenvalue weighted by Gasteiger charge is -2.47. The Bertz CT molecular complexity index is 1170. The number of rotatable bonds is 2. The Hall–Kier alpha value is -1.67. The van der Waals surface area contributed by atoms with E-state index in [0.29, 0.717) is 0 Å². The van der Waals surface area contributed by atoms with Gasteiger partial charge in [0, 0.05) is 25.0 Å². The summed E-state index contributed by atoms with van der Waals surface area (Å²) in [4.78, 5) is 0. The summed E-state index contributed by atoms with van der Waals surface area (Å²) in [7, 11) is 0. The summed E-state index contributed by atoms with van der Waals surface area (Å²) >= 11 is 0. The van der Waals surface area contributed by atoms with E-state index in [-0.39, 0.29) is 22.2 Å². The molecule has 1 saturated carbocycles. The average molecular weight is 445 g/mol. The Morgan fingerprint density at radius 1 is 0.758 bits per heavy atom. The van der Waals surface area contributed by atoms with Crippen LogP contribution in [0.3, 0.4) is 0 Å². The van der Waals surface area contributed by atoms with Gasteiger partial charge in [-0.2, -0.15) is 4.57 Å². The number of nitrogens with zero attached hydrogens (tertiary/aromatic N) is 1. The molecule has 7 rings (SSSR count). The summed E-state index contributed by atoms with van der Waals surface area (Å²) in [5.41, 5.74) is 10.1. The molecule has 176 valence electrons. The molecule has 2 nitrogen and oxygen atoms in total. The molecule has 2 bridgehead atoms. The van der Waals surface area contributed by atoms with Gasteiger partial charge in [-0.1, -0.05) is 19.9 Å². The van der Waals surface area contributed by atoms with Crippen LogP contribution in [0.15, 0.2) is 24.4 Å². The molecule has 5 aliphatic rings. The molecule has 1 aromatic carbocycles. The minimum Gasteiger partial charge on any atom is -0.360 e. The maximum atomic E-state index is 6.62. The zero-order valence-electron chi connectivity index (χ0n) is 22.1. The van der Waals surface area contributed by atoms with E-state index in [1.165, 1.54) is 53.6 Å². The number of benzene rings is 1. The third-order valence-electron chi connectivity index (χ3n) is 10.7. The third-order valence-corrected chi connectivity index (χ3v) is 10.7. The fourth-order valence-corrected chi connectivity index (χ4v) is 8.31. The highest BCUT2D eigenvalue weighted by Gasteiger charge is 2.58. The quantitative estimate of drug-likeness (QED) is 0.432. The van der Waals surface area contributed by atoms with Crippen LogP contribution in [0.25, 0.3) is 11.3 Å². The molecule has 0 N–H and O–H groups in total. The smallest absolute Gasteiger partial charge is 0.213 e. The molecule has 0 amide bonds. The molecule has 2 atom stereocenters. The van der Waals surface area contributed by atoms with Gasteiger partial charge in [0.15, 0.2) is 11.7 Å². The van der Waals surface area contributed by atoms with Gasteiger partial charge < -0.3 is 4.74 Å². The summed E-state index contributed by atoms with van der Waals surface area (Å²) in [5, 5.41) is 0. The van der Waals surface area contributed by atoms with Crippen LogP contribution >= 0.6 is 0 Å². The van der Waals surface area contributed by atoms with E-state index in [0.717, 1.165) is 24.7 Å². The topological polar surface area (TPSA) is 13.1 Å². The van der Waals surface area contributed by atoms with E-state index < -0.39 is 0 Å². The van der Waals surface area contributed by atoms with E-state index in [1.54, 1.807) is 11.1 Å². The normalized spacial score (nSPS) is 34.4. The molecule has 2 unspecified atom stereocenters. The van der Waals surface area contributed by atoms with Gasteiger partial charge in [0.1, 0.15) is 0 Å². The highest BCUT2D eigenvalue weighted by atomic mass is 16.5. The summed E-state index contributed by atoms with van der Waals surface area (Å²) < 4.78 is 9.34. The van der Waals surface area contributed by atoms with Crippen molar-refractivity contribution in [1.82, 2.24) is 0 Å². The Morgan fingerprint density at radius 2 is 1.33 bits per heavy atom. The van der Waals surface area contributed by atoms with Gasteiger partial charge in [-0.05, 0) is 107 Å². The first kappa shape index (κ1) is 21.8. The molecule has 0 spiro atoms. The van der Waals surface area contributed by atoms with Crippen molar-refractivity contribution in [2.45, 2.75) is 128 Å².